The van der Waals surface area contributed by atoms with Gasteiger partial charge in [-0.25, -0.2) is 0 Å². The summed E-state index contributed by atoms with van der Waals surface area (Å²) in [6.45, 7) is 7.99. The van der Waals surface area contributed by atoms with Gasteiger partial charge in [0.15, 0.2) is 0 Å². The highest BCUT2D eigenvalue weighted by Gasteiger charge is 2.40. The van der Waals surface area contributed by atoms with Crippen molar-refractivity contribution in [1.29, 1.82) is 0 Å². The summed E-state index contributed by atoms with van der Waals surface area (Å²) in [5.41, 5.74) is 7.02. The molecule has 0 saturated carbocycles. The third kappa shape index (κ3) is 2.35. The first-order chi connectivity index (χ1) is 7.36. The van der Waals surface area contributed by atoms with E-state index in [1.54, 1.807) is 0 Å². The summed E-state index contributed by atoms with van der Waals surface area (Å²) >= 11 is 3.40. The minimum absolute atomic E-state index is 0.184. The third-order valence-electron chi connectivity index (χ3n) is 2.76. The largest absolute Gasteiger partial charge is 0.369 e. The molecule has 1 aliphatic rings. The van der Waals surface area contributed by atoms with Gasteiger partial charge < -0.3 is 11.1 Å². The van der Waals surface area contributed by atoms with E-state index in [-0.39, 0.29) is 11.8 Å². The van der Waals surface area contributed by atoms with E-state index in [4.69, 9.17) is 5.73 Å². The minimum Gasteiger partial charge on any atom is -0.369 e. The third-order valence-corrected chi connectivity index (χ3v) is 4.07. The number of primary amides is 1. The van der Waals surface area contributed by atoms with Gasteiger partial charge in [0.1, 0.15) is 5.92 Å². The summed E-state index contributed by atoms with van der Waals surface area (Å²) in [5, 5.41) is 2.65. The lowest BCUT2D eigenvalue weighted by Crippen LogP contribution is -2.33. The zero-order chi connectivity index (χ0) is 12.5. The van der Waals surface area contributed by atoms with Crippen LogP contribution in [-0.2, 0) is 9.59 Å². The Kier molecular flexibility index (Phi) is 3.91. The Morgan fingerprint density at radius 1 is 1.56 bits per heavy atom. The van der Waals surface area contributed by atoms with Crippen LogP contribution < -0.4 is 11.1 Å². The van der Waals surface area contributed by atoms with E-state index in [0.717, 1.165) is 15.6 Å². The van der Waals surface area contributed by atoms with Crippen molar-refractivity contribution in [3.05, 3.63) is 22.2 Å². The predicted molar refractivity (Wildman–Crippen MR) is 65.6 cm³/mol. The second kappa shape index (κ2) is 4.82. The van der Waals surface area contributed by atoms with Crippen LogP contribution in [0.4, 0.5) is 0 Å². The molecule has 1 heterocycles. The number of amides is 2. The number of halogens is 1. The van der Waals surface area contributed by atoms with E-state index in [1.807, 2.05) is 13.8 Å². The molecular weight excluding hydrogens is 272 g/mol. The van der Waals surface area contributed by atoms with Crippen LogP contribution in [0.2, 0.25) is 0 Å². The molecule has 1 fully saturated rings. The van der Waals surface area contributed by atoms with Crippen molar-refractivity contribution in [3.8, 4) is 0 Å². The highest BCUT2D eigenvalue weighted by Crippen LogP contribution is 2.31. The number of carbonyl (C=O) groups is 2. The van der Waals surface area contributed by atoms with Crippen LogP contribution in [0, 0.1) is 11.8 Å². The van der Waals surface area contributed by atoms with Gasteiger partial charge in [-0.15, -0.1) is 0 Å². The summed E-state index contributed by atoms with van der Waals surface area (Å²) in [7, 11) is 0. The van der Waals surface area contributed by atoms with Crippen molar-refractivity contribution in [2.75, 3.05) is 6.54 Å². The summed E-state index contributed by atoms with van der Waals surface area (Å²) in [5.74, 6) is -1.83. The summed E-state index contributed by atoms with van der Waals surface area (Å²) in [6, 6.07) is 0. The molecule has 1 aliphatic heterocycles. The fourth-order valence-corrected chi connectivity index (χ4v) is 2.15. The van der Waals surface area contributed by atoms with Crippen LogP contribution >= 0.6 is 15.9 Å². The molecule has 88 valence electrons. The van der Waals surface area contributed by atoms with Gasteiger partial charge in [0, 0.05) is 16.9 Å². The minimum atomic E-state index is -0.771. The molecule has 2 atom stereocenters. The van der Waals surface area contributed by atoms with E-state index in [1.165, 1.54) is 0 Å². The van der Waals surface area contributed by atoms with Crippen molar-refractivity contribution in [2.45, 2.75) is 13.8 Å². The Hall–Kier alpha value is -1.10. The maximum absolute atomic E-state index is 11.5. The highest BCUT2D eigenvalue weighted by atomic mass is 79.9. The quantitative estimate of drug-likeness (QED) is 0.602. The molecular formula is C11H15BrN2O2. The van der Waals surface area contributed by atoms with Gasteiger partial charge in [-0.05, 0) is 19.4 Å². The van der Waals surface area contributed by atoms with Crippen molar-refractivity contribution in [2.24, 2.45) is 17.6 Å². The zero-order valence-corrected chi connectivity index (χ0v) is 10.9. The SMILES string of the molecule is C=C(C)/C(Br)=C(/C)C1CNC(=O)[C@@H]1C(N)=O. The van der Waals surface area contributed by atoms with Crippen molar-refractivity contribution >= 4 is 27.7 Å². The average Bonchev–Trinajstić information content (AvgIpc) is 2.57. The van der Waals surface area contributed by atoms with Crippen molar-refractivity contribution < 1.29 is 9.59 Å². The van der Waals surface area contributed by atoms with Gasteiger partial charge in [0.25, 0.3) is 0 Å². The van der Waals surface area contributed by atoms with Gasteiger partial charge in [-0.2, -0.15) is 0 Å². The number of carbonyl (C=O) groups excluding carboxylic acids is 2. The highest BCUT2D eigenvalue weighted by molar-refractivity contribution is 9.12. The van der Waals surface area contributed by atoms with Crippen LogP contribution in [0.25, 0.3) is 0 Å². The summed E-state index contributed by atoms with van der Waals surface area (Å²) < 4.78 is 0.847. The number of hydrogen-bond donors (Lipinski definition) is 2. The molecule has 0 aromatic heterocycles. The second-order valence-electron chi connectivity index (χ2n) is 4.01. The first-order valence-electron chi connectivity index (χ1n) is 4.95. The summed E-state index contributed by atoms with van der Waals surface area (Å²) in [4.78, 5) is 22.7. The van der Waals surface area contributed by atoms with Gasteiger partial charge in [0.2, 0.25) is 11.8 Å². The Morgan fingerprint density at radius 2 is 2.12 bits per heavy atom. The second-order valence-corrected chi connectivity index (χ2v) is 4.80. The first-order valence-corrected chi connectivity index (χ1v) is 5.74. The van der Waals surface area contributed by atoms with Crippen molar-refractivity contribution in [1.82, 2.24) is 5.32 Å². The zero-order valence-electron chi connectivity index (χ0n) is 9.34. The van der Waals surface area contributed by atoms with E-state index in [9.17, 15) is 9.59 Å². The Balaban J connectivity index is 3.05. The number of nitrogens with two attached hydrogens (primary N) is 1. The van der Waals surface area contributed by atoms with Crippen LogP contribution in [0.5, 0.6) is 0 Å². The fourth-order valence-electron chi connectivity index (χ4n) is 1.85. The average molecular weight is 287 g/mol. The number of allylic oxidation sites excluding steroid dienone is 2. The smallest absolute Gasteiger partial charge is 0.233 e. The molecule has 16 heavy (non-hydrogen) atoms. The normalized spacial score (nSPS) is 26.1. The Morgan fingerprint density at radius 3 is 2.56 bits per heavy atom. The number of nitrogens with one attached hydrogen (secondary N) is 1. The standard InChI is InChI=1S/C11H15BrN2O2/c1-5(2)9(12)6(3)7-4-14-11(16)8(7)10(13)15/h7-8H,1,4H2,2-3H3,(H2,13,15)(H,14,16)/b9-6+/t7?,8-/m0/s1. The topological polar surface area (TPSA) is 72.2 Å². The maximum Gasteiger partial charge on any atom is 0.233 e. The van der Waals surface area contributed by atoms with Crippen molar-refractivity contribution in [3.63, 3.8) is 0 Å². The molecule has 0 bridgehead atoms. The molecule has 4 nitrogen and oxygen atoms in total. The molecule has 0 spiro atoms. The van der Waals surface area contributed by atoms with Crippen LogP contribution in [-0.4, -0.2) is 18.4 Å². The van der Waals surface area contributed by atoms with E-state index >= 15 is 0 Å². The number of hydrogen-bond acceptors (Lipinski definition) is 2. The lowest BCUT2D eigenvalue weighted by molar-refractivity contribution is -0.131. The maximum atomic E-state index is 11.5. The Labute approximate surface area is 103 Å². The molecule has 1 unspecified atom stereocenters. The number of rotatable bonds is 3. The van der Waals surface area contributed by atoms with Gasteiger partial charge >= 0.3 is 0 Å². The van der Waals surface area contributed by atoms with E-state index in [2.05, 4.69) is 27.8 Å². The van der Waals surface area contributed by atoms with E-state index < -0.39 is 11.8 Å². The van der Waals surface area contributed by atoms with Gasteiger partial charge in [-0.3, -0.25) is 9.59 Å². The summed E-state index contributed by atoms with van der Waals surface area (Å²) in [6.07, 6.45) is 0. The molecule has 5 heteroatoms. The first kappa shape index (κ1) is 13.0. The molecule has 0 radical (unpaired) electrons. The predicted octanol–water partition coefficient (Wildman–Crippen LogP) is 1.08. The van der Waals surface area contributed by atoms with Crippen LogP contribution in [0.3, 0.4) is 0 Å². The lowest BCUT2D eigenvalue weighted by atomic mass is 9.88. The fraction of sp³-hybridized carbons (Fsp3) is 0.455. The monoisotopic (exact) mass is 286 g/mol. The molecule has 1 saturated heterocycles. The molecule has 3 N–H and O–H groups in total. The molecule has 2 amide bonds. The van der Waals surface area contributed by atoms with Crippen LogP contribution in [0.1, 0.15) is 13.8 Å². The van der Waals surface area contributed by atoms with E-state index in [0.29, 0.717) is 6.54 Å². The van der Waals surface area contributed by atoms with Crippen LogP contribution in [0.15, 0.2) is 22.2 Å². The molecule has 1 rings (SSSR count). The van der Waals surface area contributed by atoms with Gasteiger partial charge in [0.05, 0.1) is 0 Å². The molecule has 0 aromatic rings. The van der Waals surface area contributed by atoms with Gasteiger partial charge in [-0.1, -0.05) is 28.1 Å². The lowest BCUT2D eigenvalue weighted by Gasteiger charge is -2.16. The Bertz CT molecular complexity index is 387. The molecule has 0 aliphatic carbocycles. The molecule has 0 aromatic carbocycles.